The fourth-order valence-electron chi connectivity index (χ4n) is 2.97. The zero-order valence-electron chi connectivity index (χ0n) is 10.7. The molecule has 0 saturated carbocycles. The van der Waals surface area contributed by atoms with Crippen molar-refractivity contribution in [3.63, 3.8) is 0 Å². The van der Waals surface area contributed by atoms with Crippen molar-refractivity contribution in [1.29, 1.82) is 0 Å². The van der Waals surface area contributed by atoms with Crippen molar-refractivity contribution in [2.45, 2.75) is 31.3 Å². The standard InChI is InChI=1S/C14H14BrClN2O2/c15-9-2-1-8(11(16)6-9)5-13(19)18-10-3-4-12(18)14(20)17-7-10/h1-2,6,10,12H,3-5,7H2,(H,17,20). The minimum atomic E-state index is -0.296. The van der Waals surface area contributed by atoms with E-state index in [1.165, 1.54) is 0 Å². The third kappa shape index (κ3) is 2.44. The zero-order valence-corrected chi connectivity index (χ0v) is 13.1. The van der Waals surface area contributed by atoms with Gasteiger partial charge in [-0.2, -0.15) is 0 Å². The molecule has 2 fully saturated rings. The quantitative estimate of drug-likeness (QED) is 0.881. The maximum atomic E-state index is 12.5. The number of fused-ring (bicyclic) bond motifs is 2. The number of nitrogens with zero attached hydrogens (tertiary/aromatic N) is 1. The Balaban J connectivity index is 1.78. The van der Waals surface area contributed by atoms with Gasteiger partial charge < -0.3 is 10.2 Å². The Morgan fingerprint density at radius 2 is 2.25 bits per heavy atom. The summed E-state index contributed by atoms with van der Waals surface area (Å²) < 4.78 is 0.885. The van der Waals surface area contributed by atoms with Crippen LogP contribution in [0.25, 0.3) is 0 Å². The second kappa shape index (κ2) is 5.37. The summed E-state index contributed by atoms with van der Waals surface area (Å²) in [6.45, 7) is 0.565. The van der Waals surface area contributed by atoms with Crippen LogP contribution in [-0.4, -0.2) is 35.3 Å². The van der Waals surface area contributed by atoms with Gasteiger partial charge in [0.05, 0.1) is 6.42 Å². The molecule has 0 spiro atoms. The highest BCUT2D eigenvalue weighted by Crippen LogP contribution is 2.29. The lowest BCUT2D eigenvalue weighted by Crippen LogP contribution is -2.57. The predicted octanol–water partition coefficient (Wildman–Crippen LogP) is 2.13. The molecule has 0 radical (unpaired) electrons. The Kier molecular flexibility index (Phi) is 3.73. The van der Waals surface area contributed by atoms with Gasteiger partial charge in [-0.05, 0) is 30.5 Å². The van der Waals surface area contributed by atoms with Gasteiger partial charge in [0.2, 0.25) is 11.8 Å². The summed E-state index contributed by atoms with van der Waals surface area (Å²) >= 11 is 9.49. The maximum absolute atomic E-state index is 12.5. The van der Waals surface area contributed by atoms with E-state index >= 15 is 0 Å². The summed E-state index contributed by atoms with van der Waals surface area (Å²) in [5, 5.41) is 3.42. The average molecular weight is 358 g/mol. The van der Waals surface area contributed by atoms with Crippen LogP contribution >= 0.6 is 27.5 Å². The molecule has 1 N–H and O–H groups in total. The Morgan fingerprint density at radius 3 is 3.00 bits per heavy atom. The van der Waals surface area contributed by atoms with Gasteiger partial charge in [-0.15, -0.1) is 0 Å². The number of nitrogens with one attached hydrogen (secondary N) is 1. The van der Waals surface area contributed by atoms with Crippen molar-refractivity contribution in [2.75, 3.05) is 6.54 Å². The largest absolute Gasteiger partial charge is 0.352 e. The highest BCUT2D eigenvalue weighted by molar-refractivity contribution is 9.10. The second-order valence-electron chi connectivity index (χ2n) is 5.21. The van der Waals surface area contributed by atoms with E-state index in [4.69, 9.17) is 11.6 Å². The number of amides is 2. The number of benzene rings is 1. The molecule has 2 aliphatic heterocycles. The molecule has 2 heterocycles. The van der Waals surface area contributed by atoms with Gasteiger partial charge in [-0.25, -0.2) is 0 Å². The van der Waals surface area contributed by atoms with E-state index in [0.29, 0.717) is 11.6 Å². The van der Waals surface area contributed by atoms with Crippen molar-refractivity contribution in [1.82, 2.24) is 10.2 Å². The number of rotatable bonds is 2. The maximum Gasteiger partial charge on any atom is 0.242 e. The Hall–Kier alpha value is -1.07. The molecule has 4 nitrogen and oxygen atoms in total. The van der Waals surface area contributed by atoms with Crippen molar-refractivity contribution in [3.8, 4) is 0 Å². The fraction of sp³-hybridized carbons (Fsp3) is 0.429. The van der Waals surface area contributed by atoms with Crippen LogP contribution < -0.4 is 5.32 Å². The summed E-state index contributed by atoms with van der Waals surface area (Å²) in [4.78, 5) is 26.0. The van der Waals surface area contributed by atoms with Crippen molar-refractivity contribution in [2.24, 2.45) is 0 Å². The number of carbonyl (C=O) groups is 2. The van der Waals surface area contributed by atoms with Crippen molar-refractivity contribution < 1.29 is 9.59 Å². The fourth-order valence-corrected chi connectivity index (χ4v) is 3.71. The third-order valence-electron chi connectivity index (χ3n) is 3.96. The first kappa shape index (κ1) is 13.9. The lowest BCUT2D eigenvalue weighted by atomic mass is 10.1. The van der Waals surface area contributed by atoms with Crippen LogP contribution in [0.1, 0.15) is 18.4 Å². The van der Waals surface area contributed by atoms with Crippen LogP contribution in [0.3, 0.4) is 0 Å². The highest BCUT2D eigenvalue weighted by Gasteiger charge is 2.44. The van der Waals surface area contributed by atoms with E-state index < -0.39 is 0 Å². The number of hydrogen-bond donors (Lipinski definition) is 1. The predicted molar refractivity (Wildman–Crippen MR) is 79.5 cm³/mol. The molecule has 2 bridgehead atoms. The van der Waals surface area contributed by atoms with Gasteiger partial charge in [0.15, 0.2) is 0 Å². The van der Waals surface area contributed by atoms with Gasteiger partial charge in [-0.1, -0.05) is 33.6 Å². The monoisotopic (exact) mass is 356 g/mol. The molecule has 0 aromatic heterocycles. The summed E-state index contributed by atoms with van der Waals surface area (Å²) in [6, 6.07) is 5.33. The zero-order chi connectivity index (χ0) is 14.3. The SMILES string of the molecule is O=C1NCC2CCC1N2C(=O)Cc1ccc(Br)cc1Cl. The van der Waals surface area contributed by atoms with Crippen LogP contribution in [0.15, 0.2) is 22.7 Å². The van der Waals surface area contributed by atoms with Crippen LogP contribution in [0.5, 0.6) is 0 Å². The number of halogens is 2. The molecule has 0 aliphatic carbocycles. The third-order valence-corrected chi connectivity index (χ3v) is 4.81. The van der Waals surface area contributed by atoms with E-state index in [1.54, 1.807) is 11.0 Å². The molecule has 2 amide bonds. The van der Waals surface area contributed by atoms with E-state index in [1.807, 2.05) is 12.1 Å². The average Bonchev–Trinajstić information content (AvgIpc) is 2.74. The molecule has 106 valence electrons. The molecule has 1 aromatic rings. The molecule has 2 aliphatic rings. The first-order valence-electron chi connectivity index (χ1n) is 6.59. The molecule has 1 aromatic carbocycles. The molecule has 6 heteroatoms. The Bertz CT molecular complexity index is 578. The molecule has 2 saturated heterocycles. The van der Waals surface area contributed by atoms with Gasteiger partial charge in [-0.3, -0.25) is 9.59 Å². The molecule has 2 unspecified atom stereocenters. The first-order chi connectivity index (χ1) is 9.56. The molecule has 3 rings (SSSR count). The summed E-state index contributed by atoms with van der Waals surface area (Å²) in [6.07, 6.45) is 1.89. The van der Waals surface area contributed by atoms with Crippen LogP contribution in [0.4, 0.5) is 0 Å². The number of piperazine rings is 1. The summed E-state index contributed by atoms with van der Waals surface area (Å²) in [5.74, 6) is -0.0504. The molecular weight excluding hydrogens is 344 g/mol. The summed E-state index contributed by atoms with van der Waals surface area (Å²) in [7, 11) is 0. The second-order valence-corrected chi connectivity index (χ2v) is 6.53. The molecule has 2 atom stereocenters. The van der Waals surface area contributed by atoms with Crippen LogP contribution in [0.2, 0.25) is 5.02 Å². The lowest BCUT2D eigenvalue weighted by molar-refractivity contribution is -0.142. The van der Waals surface area contributed by atoms with Crippen molar-refractivity contribution in [3.05, 3.63) is 33.3 Å². The lowest BCUT2D eigenvalue weighted by Gasteiger charge is -2.34. The van der Waals surface area contributed by atoms with Crippen molar-refractivity contribution >= 4 is 39.3 Å². The first-order valence-corrected chi connectivity index (χ1v) is 7.76. The smallest absolute Gasteiger partial charge is 0.242 e. The van der Waals surface area contributed by atoms with E-state index in [-0.39, 0.29) is 30.3 Å². The van der Waals surface area contributed by atoms with E-state index in [0.717, 1.165) is 22.9 Å². The van der Waals surface area contributed by atoms with E-state index in [9.17, 15) is 9.59 Å². The number of hydrogen-bond acceptors (Lipinski definition) is 2. The Morgan fingerprint density at radius 1 is 1.45 bits per heavy atom. The topological polar surface area (TPSA) is 49.4 Å². The normalized spacial score (nSPS) is 24.7. The molecule has 20 heavy (non-hydrogen) atoms. The summed E-state index contributed by atoms with van der Waals surface area (Å²) in [5.41, 5.74) is 0.797. The van der Waals surface area contributed by atoms with Gasteiger partial charge in [0.25, 0.3) is 0 Å². The van der Waals surface area contributed by atoms with Gasteiger partial charge in [0, 0.05) is 22.1 Å². The minimum Gasteiger partial charge on any atom is -0.352 e. The minimum absolute atomic E-state index is 0.0171. The van der Waals surface area contributed by atoms with Gasteiger partial charge in [0.1, 0.15) is 6.04 Å². The van der Waals surface area contributed by atoms with Gasteiger partial charge >= 0.3 is 0 Å². The molecular formula is C14H14BrClN2O2. The van der Waals surface area contributed by atoms with E-state index in [2.05, 4.69) is 21.2 Å². The number of carbonyl (C=O) groups excluding carboxylic acids is 2. The van der Waals surface area contributed by atoms with Crippen LogP contribution in [0, 0.1) is 0 Å². The van der Waals surface area contributed by atoms with Crippen LogP contribution in [-0.2, 0) is 16.0 Å². The Labute approximate surface area is 130 Å². The highest BCUT2D eigenvalue weighted by atomic mass is 79.9.